The fourth-order valence-electron chi connectivity index (χ4n) is 6.49. The maximum atomic E-state index is 7.83. The van der Waals surface area contributed by atoms with Crippen LogP contribution >= 0.6 is 0 Å². The normalized spacial score (nSPS) is 20.4. The van der Waals surface area contributed by atoms with E-state index < -0.39 is 22.9 Å². The van der Waals surface area contributed by atoms with Crippen molar-refractivity contribution in [3.05, 3.63) is 0 Å². The summed E-state index contributed by atoms with van der Waals surface area (Å²) in [6, 6.07) is 0. The molecule has 0 aromatic carbocycles. The van der Waals surface area contributed by atoms with Gasteiger partial charge in [0.05, 0.1) is 0 Å². The van der Waals surface area contributed by atoms with Gasteiger partial charge in [-0.1, -0.05) is 0 Å². The van der Waals surface area contributed by atoms with Gasteiger partial charge in [0.2, 0.25) is 0 Å². The molecule has 1 aliphatic rings. The van der Waals surface area contributed by atoms with Crippen LogP contribution in [0.2, 0.25) is 26.3 Å². The van der Waals surface area contributed by atoms with Crippen LogP contribution in [0.4, 0.5) is 0 Å². The van der Waals surface area contributed by atoms with E-state index in [1.807, 2.05) is 0 Å². The van der Waals surface area contributed by atoms with Gasteiger partial charge < -0.3 is 0 Å². The van der Waals surface area contributed by atoms with Crippen LogP contribution in [0.5, 0.6) is 0 Å². The fraction of sp³-hybridized carbons (Fsp3) is 1.00. The van der Waals surface area contributed by atoms with Crippen molar-refractivity contribution in [1.82, 2.24) is 0 Å². The summed E-state index contributed by atoms with van der Waals surface area (Å²) in [4.78, 5) is 0. The van der Waals surface area contributed by atoms with Crippen LogP contribution in [0.15, 0.2) is 0 Å². The summed E-state index contributed by atoms with van der Waals surface area (Å²) >= 11 is -4.10. The molecule has 1 heterocycles. The number of unbranched alkanes of at least 4 members (excludes halogenated alkanes) is 4. The SMILES string of the molecule is CCCCCC1(CCCCC)C[CH2][Ge]([CH2]CC)([CH2]CC)[Ge]([CH2]CC)([CH2]CC)[O]1. The summed E-state index contributed by atoms with van der Waals surface area (Å²) in [5.74, 6) is 0. The third kappa shape index (κ3) is 7.04. The average Bonchev–Trinajstić information content (AvgIpc) is 2.66. The Balaban J connectivity index is 3.25. The summed E-state index contributed by atoms with van der Waals surface area (Å²) < 4.78 is 7.83. The van der Waals surface area contributed by atoms with Gasteiger partial charge in [0.1, 0.15) is 0 Å². The Morgan fingerprint density at radius 1 is 0.607 bits per heavy atom. The minimum absolute atomic E-state index is 0.297. The topological polar surface area (TPSA) is 9.23 Å². The van der Waals surface area contributed by atoms with Gasteiger partial charge in [-0.3, -0.25) is 0 Å². The second-order valence-electron chi connectivity index (χ2n) is 9.97. The van der Waals surface area contributed by atoms with E-state index in [0.29, 0.717) is 5.60 Å². The molecule has 0 saturated carbocycles. The van der Waals surface area contributed by atoms with Gasteiger partial charge in [0.15, 0.2) is 0 Å². The molecule has 0 spiro atoms. The van der Waals surface area contributed by atoms with Gasteiger partial charge in [-0.05, 0) is 0 Å². The van der Waals surface area contributed by atoms with Crippen molar-refractivity contribution >= 4 is 22.9 Å². The van der Waals surface area contributed by atoms with Gasteiger partial charge in [-0.15, -0.1) is 0 Å². The second kappa shape index (κ2) is 14.2. The summed E-state index contributed by atoms with van der Waals surface area (Å²) in [5.41, 5.74) is 0.297. The third-order valence-electron chi connectivity index (χ3n) is 7.67. The fourth-order valence-corrected chi connectivity index (χ4v) is 69.8. The molecule has 1 fully saturated rings. The molecule has 0 aliphatic carbocycles. The molecule has 0 unspecified atom stereocenters. The van der Waals surface area contributed by atoms with Crippen LogP contribution < -0.4 is 0 Å². The Morgan fingerprint density at radius 2 is 1.07 bits per heavy atom. The summed E-state index contributed by atoms with van der Waals surface area (Å²) in [6.45, 7) is 14.6. The van der Waals surface area contributed by atoms with E-state index >= 15 is 0 Å². The van der Waals surface area contributed by atoms with Crippen molar-refractivity contribution < 1.29 is 3.76 Å². The van der Waals surface area contributed by atoms with E-state index in [0.717, 1.165) is 0 Å². The van der Waals surface area contributed by atoms with Gasteiger partial charge in [-0.2, -0.15) is 0 Å². The van der Waals surface area contributed by atoms with E-state index in [1.165, 1.54) is 94.0 Å². The molecule has 1 nitrogen and oxygen atoms in total. The van der Waals surface area contributed by atoms with Crippen molar-refractivity contribution in [1.29, 1.82) is 0 Å². The van der Waals surface area contributed by atoms with Gasteiger partial charge >= 0.3 is 184 Å². The van der Waals surface area contributed by atoms with Crippen LogP contribution in [0.3, 0.4) is 0 Å². The van der Waals surface area contributed by atoms with E-state index in [2.05, 4.69) is 41.5 Å². The quantitative estimate of drug-likeness (QED) is 0.147. The van der Waals surface area contributed by atoms with Crippen molar-refractivity contribution in [3.8, 4) is 0 Å². The average molecular weight is 516 g/mol. The molecule has 0 bridgehead atoms. The summed E-state index contributed by atoms with van der Waals surface area (Å²) in [6.07, 6.45) is 18.1. The molecule has 0 amide bonds. The van der Waals surface area contributed by atoms with Crippen LogP contribution in [0, 0.1) is 0 Å². The molecule has 1 rings (SSSR count). The molecule has 0 N–H and O–H groups in total. The minimum atomic E-state index is -2.23. The molecule has 0 radical (unpaired) electrons. The Kier molecular flexibility index (Phi) is 13.7. The molecular formula is C25H54Ge2O. The number of rotatable bonds is 16. The molecule has 3 heteroatoms. The van der Waals surface area contributed by atoms with Crippen molar-refractivity contribution in [2.24, 2.45) is 0 Å². The molecule has 0 atom stereocenters. The first kappa shape index (κ1) is 27.1. The maximum absolute atomic E-state index is 7.83. The molecule has 1 aliphatic heterocycles. The first-order valence-electron chi connectivity index (χ1n) is 13.2. The standard InChI is InChI=1S/C25H54Ge2O/c1-7-13-15-17-25(18-16-14-8-2)19-24-26(20-9-3,21-10-4)27(28-25,22-11-5)23-12-6/h7-24H2,1-6H3. The van der Waals surface area contributed by atoms with Crippen molar-refractivity contribution in [2.75, 3.05) is 0 Å². The van der Waals surface area contributed by atoms with Crippen molar-refractivity contribution in [2.45, 2.75) is 157 Å². The molecule has 0 aromatic rings. The predicted molar refractivity (Wildman–Crippen MR) is 133 cm³/mol. The van der Waals surface area contributed by atoms with Gasteiger partial charge in [-0.25, -0.2) is 0 Å². The first-order valence-corrected chi connectivity index (χ1v) is 28.0. The molecule has 1 saturated heterocycles. The number of hydrogen-bond donors (Lipinski definition) is 0. The Hall–Kier alpha value is 1.05. The summed E-state index contributed by atoms with van der Waals surface area (Å²) in [7, 11) is 0. The van der Waals surface area contributed by atoms with Gasteiger partial charge in [0, 0.05) is 0 Å². The molecular weight excluding hydrogens is 461 g/mol. The Morgan fingerprint density at radius 3 is 1.46 bits per heavy atom. The van der Waals surface area contributed by atoms with Gasteiger partial charge in [0.25, 0.3) is 0 Å². The Bertz CT molecular complexity index is 374. The van der Waals surface area contributed by atoms with E-state index in [-0.39, 0.29) is 0 Å². The predicted octanol–water partition coefficient (Wildman–Crippen LogP) is 9.42. The molecule has 28 heavy (non-hydrogen) atoms. The van der Waals surface area contributed by atoms with E-state index in [9.17, 15) is 0 Å². The third-order valence-corrected chi connectivity index (χ3v) is 63.4. The first-order chi connectivity index (χ1) is 13.5. The van der Waals surface area contributed by atoms with E-state index in [1.54, 1.807) is 15.8 Å². The molecule has 168 valence electrons. The monoisotopic (exact) mass is 518 g/mol. The second-order valence-corrected chi connectivity index (χ2v) is 46.7. The van der Waals surface area contributed by atoms with Crippen LogP contribution in [0.25, 0.3) is 0 Å². The number of hydrogen-bond acceptors (Lipinski definition) is 1. The van der Waals surface area contributed by atoms with E-state index in [4.69, 9.17) is 3.76 Å². The summed E-state index contributed by atoms with van der Waals surface area (Å²) in [5, 5.41) is 8.02. The molecule has 0 aromatic heterocycles. The zero-order valence-electron chi connectivity index (χ0n) is 20.6. The van der Waals surface area contributed by atoms with Crippen LogP contribution in [-0.4, -0.2) is 28.5 Å². The van der Waals surface area contributed by atoms with Crippen molar-refractivity contribution in [3.63, 3.8) is 0 Å². The van der Waals surface area contributed by atoms with Crippen LogP contribution in [0.1, 0.15) is 125 Å². The van der Waals surface area contributed by atoms with Crippen LogP contribution in [-0.2, 0) is 3.76 Å². The zero-order valence-corrected chi connectivity index (χ0v) is 24.8. The zero-order chi connectivity index (χ0) is 20.9. The Labute approximate surface area is 183 Å².